The molecule has 1 amide bonds. The zero-order valence-corrected chi connectivity index (χ0v) is 12.1. The van der Waals surface area contributed by atoms with E-state index in [2.05, 4.69) is 5.32 Å². The fraction of sp³-hybridized carbons (Fsp3) is 0.533. The largest absolute Gasteiger partial charge is 0.508 e. The number of hydrogen-bond acceptors (Lipinski definition) is 3. The number of nitrogens with one attached hydrogen (secondary N) is 1. The Bertz CT molecular complexity index is 438. The Morgan fingerprint density at radius 2 is 2.05 bits per heavy atom. The molecule has 0 aliphatic heterocycles. The minimum atomic E-state index is -0.177. The van der Waals surface area contributed by atoms with Crippen LogP contribution in [0.15, 0.2) is 24.3 Å². The molecule has 1 aromatic carbocycles. The van der Waals surface area contributed by atoms with Gasteiger partial charge >= 0.3 is 0 Å². The van der Waals surface area contributed by atoms with Crippen LogP contribution in [0.1, 0.15) is 45.7 Å². The number of carbonyl (C=O) groups is 1. The highest BCUT2D eigenvalue weighted by atomic mass is 16.3. The summed E-state index contributed by atoms with van der Waals surface area (Å²) in [5.74, 6) is 0.128. The number of benzene rings is 1. The van der Waals surface area contributed by atoms with E-state index < -0.39 is 0 Å². The molecule has 19 heavy (non-hydrogen) atoms. The van der Waals surface area contributed by atoms with Crippen LogP contribution in [0.25, 0.3) is 0 Å². The predicted molar refractivity (Wildman–Crippen MR) is 76.7 cm³/mol. The van der Waals surface area contributed by atoms with Crippen molar-refractivity contribution in [2.45, 2.75) is 46.2 Å². The molecule has 0 heterocycles. The molecule has 1 rings (SSSR count). The monoisotopic (exact) mass is 264 g/mol. The van der Waals surface area contributed by atoms with Crippen LogP contribution in [0, 0.1) is 5.41 Å². The molecule has 106 valence electrons. The lowest BCUT2D eigenvalue weighted by molar-refractivity contribution is -0.122. The van der Waals surface area contributed by atoms with Gasteiger partial charge < -0.3 is 16.2 Å². The van der Waals surface area contributed by atoms with Crippen molar-refractivity contribution < 1.29 is 9.90 Å². The van der Waals surface area contributed by atoms with E-state index >= 15 is 0 Å². The van der Waals surface area contributed by atoms with Gasteiger partial charge in [0.25, 0.3) is 0 Å². The Kier molecular flexibility index (Phi) is 4.95. The van der Waals surface area contributed by atoms with Crippen molar-refractivity contribution in [3.63, 3.8) is 0 Å². The molecular weight excluding hydrogens is 240 g/mol. The minimum absolute atomic E-state index is 0.0710. The summed E-state index contributed by atoms with van der Waals surface area (Å²) >= 11 is 0. The smallest absolute Gasteiger partial charge is 0.222 e. The van der Waals surface area contributed by atoms with Gasteiger partial charge in [-0.3, -0.25) is 4.79 Å². The molecule has 0 aromatic heterocycles. The summed E-state index contributed by atoms with van der Waals surface area (Å²) in [6.45, 7) is 7.94. The molecule has 4 N–H and O–H groups in total. The third-order valence-corrected chi connectivity index (χ3v) is 3.27. The minimum Gasteiger partial charge on any atom is -0.508 e. The summed E-state index contributed by atoms with van der Waals surface area (Å²) in [5, 5.41) is 12.3. The number of amides is 1. The summed E-state index contributed by atoms with van der Waals surface area (Å²) in [6, 6.07) is 6.56. The van der Waals surface area contributed by atoms with Crippen molar-refractivity contribution in [1.29, 1.82) is 0 Å². The van der Waals surface area contributed by atoms with Crippen LogP contribution in [0.5, 0.6) is 5.75 Å². The standard InChI is InChI=1S/C15H24N2O2/c1-10(11-6-5-7-12(18)8-11)17-14(19)9-13(16)15(2,3)4/h5-8,10,13,18H,9,16H2,1-4H3,(H,17,19). The molecule has 0 aliphatic rings. The van der Waals surface area contributed by atoms with E-state index in [0.29, 0.717) is 6.42 Å². The molecule has 2 unspecified atom stereocenters. The molecule has 0 spiro atoms. The Labute approximate surface area is 115 Å². The van der Waals surface area contributed by atoms with Crippen LogP contribution in [-0.4, -0.2) is 17.1 Å². The summed E-state index contributed by atoms with van der Waals surface area (Å²) in [6.07, 6.45) is 0.298. The Balaban J connectivity index is 2.58. The van der Waals surface area contributed by atoms with E-state index in [9.17, 15) is 9.90 Å². The van der Waals surface area contributed by atoms with Crippen LogP contribution in [0.4, 0.5) is 0 Å². The Morgan fingerprint density at radius 3 is 2.58 bits per heavy atom. The van der Waals surface area contributed by atoms with Crippen molar-refractivity contribution in [3.8, 4) is 5.75 Å². The van der Waals surface area contributed by atoms with Gasteiger partial charge in [0.15, 0.2) is 0 Å². The van der Waals surface area contributed by atoms with E-state index in [0.717, 1.165) is 5.56 Å². The summed E-state index contributed by atoms with van der Waals surface area (Å²) in [7, 11) is 0. The molecule has 2 atom stereocenters. The van der Waals surface area contributed by atoms with Crippen molar-refractivity contribution in [3.05, 3.63) is 29.8 Å². The number of carbonyl (C=O) groups excluding carboxylic acids is 1. The quantitative estimate of drug-likeness (QED) is 0.781. The first-order valence-corrected chi connectivity index (χ1v) is 6.54. The number of phenols is 1. The van der Waals surface area contributed by atoms with Gasteiger partial charge in [-0.15, -0.1) is 0 Å². The normalized spacial score (nSPS) is 14.8. The molecule has 0 saturated carbocycles. The molecule has 4 heteroatoms. The summed E-state index contributed by atoms with van der Waals surface area (Å²) in [5.41, 5.74) is 6.77. The van der Waals surface area contributed by atoms with Crippen molar-refractivity contribution >= 4 is 5.91 Å². The second-order valence-electron chi connectivity index (χ2n) is 6.06. The van der Waals surface area contributed by atoms with Crippen LogP contribution in [0.3, 0.4) is 0 Å². The molecule has 0 bridgehead atoms. The van der Waals surface area contributed by atoms with E-state index in [1.807, 2.05) is 33.8 Å². The summed E-state index contributed by atoms with van der Waals surface area (Å²) in [4.78, 5) is 11.9. The van der Waals surface area contributed by atoms with Gasteiger partial charge in [0.05, 0.1) is 6.04 Å². The molecule has 0 fully saturated rings. The highest BCUT2D eigenvalue weighted by Gasteiger charge is 2.23. The number of hydrogen-bond donors (Lipinski definition) is 3. The molecule has 0 radical (unpaired) electrons. The number of aromatic hydroxyl groups is 1. The van der Waals surface area contributed by atoms with Crippen LogP contribution in [0.2, 0.25) is 0 Å². The molecule has 4 nitrogen and oxygen atoms in total. The maximum Gasteiger partial charge on any atom is 0.222 e. The van der Waals surface area contributed by atoms with Crippen LogP contribution < -0.4 is 11.1 Å². The van der Waals surface area contributed by atoms with Crippen molar-refractivity contribution in [2.24, 2.45) is 11.1 Å². The van der Waals surface area contributed by atoms with Gasteiger partial charge in [0, 0.05) is 12.5 Å². The Morgan fingerprint density at radius 1 is 1.42 bits per heavy atom. The highest BCUT2D eigenvalue weighted by molar-refractivity contribution is 5.77. The SMILES string of the molecule is CC(NC(=O)CC(N)C(C)(C)C)c1cccc(O)c1. The molecule has 0 aliphatic carbocycles. The zero-order chi connectivity index (χ0) is 14.6. The van der Waals surface area contributed by atoms with Gasteiger partial charge in [0.1, 0.15) is 5.75 Å². The molecular formula is C15H24N2O2. The van der Waals surface area contributed by atoms with Gasteiger partial charge in [0.2, 0.25) is 5.91 Å². The van der Waals surface area contributed by atoms with Gasteiger partial charge in [-0.2, -0.15) is 0 Å². The van der Waals surface area contributed by atoms with E-state index in [1.54, 1.807) is 18.2 Å². The Hall–Kier alpha value is -1.55. The third kappa shape index (κ3) is 4.91. The first-order chi connectivity index (χ1) is 8.70. The maximum absolute atomic E-state index is 11.9. The maximum atomic E-state index is 11.9. The van der Waals surface area contributed by atoms with E-state index in [1.165, 1.54) is 0 Å². The van der Waals surface area contributed by atoms with Gasteiger partial charge in [-0.05, 0) is 30.0 Å². The van der Waals surface area contributed by atoms with Crippen LogP contribution >= 0.6 is 0 Å². The third-order valence-electron chi connectivity index (χ3n) is 3.27. The van der Waals surface area contributed by atoms with E-state index in [4.69, 9.17) is 5.73 Å². The average Bonchev–Trinajstić information content (AvgIpc) is 2.27. The van der Waals surface area contributed by atoms with Gasteiger partial charge in [-0.25, -0.2) is 0 Å². The van der Waals surface area contributed by atoms with E-state index in [-0.39, 0.29) is 29.2 Å². The zero-order valence-electron chi connectivity index (χ0n) is 12.1. The van der Waals surface area contributed by atoms with Crippen molar-refractivity contribution in [2.75, 3.05) is 0 Å². The van der Waals surface area contributed by atoms with Crippen LogP contribution in [-0.2, 0) is 4.79 Å². The lowest BCUT2D eigenvalue weighted by Crippen LogP contribution is -2.40. The lowest BCUT2D eigenvalue weighted by atomic mass is 9.85. The van der Waals surface area contributed by atoms with Crippen molar-refractivity contribution in [1.82, 2.24) is 5.32 Å². The first-order valence-electron chi connectivity index (χ1n) is 6.54. The van der Waals surface area contributed by atoms with Gasteiger partial charge in [-0.1, -0.05) is 32.9 Å². The number of phenolic OH excluding ortho intramolecular Hbond substituents is 1. The summed E-state index contributed by atoms with van der Waals surface area (Å²) < 4.78 is 0. The molecule has 0 saturated heterocycles. The molecule has 1 aromatic rings. The lowest BCUT2D eigenvalue weighted by Gasteiger charge is -2.27. The fourth-order valence-electron chi connectivity index (χ4n) is 1.68. The topological polar surface area (TPSA) is 75.4 Å². The number of rotatable bonds is 4. The number of nitrogens with two attached hydrogens (primary N) is 1. The first kappa shape index (κ1) is 15.5. The fourth-order valence-corrected chi connectivity index (χ4v) is 1.68. The average molecular weight is 264 g/mol. The predicted octanol–water partition coefficient (Wildman–Crippen LogP) is 2.33. The second kappa shape index (κ2) is 6.06. The highest BCUT2D eigenvalue weighted by Crippen LogP contribution is 2.21. The second-order valence-corrected chi connectivity index (χ2v) is 6.06.